The van der Waals surface area contributed by atoms with Crippen LogP contribution < -0.4 is 14.8 Å². The summed E-state index contributed by atoms with van der Waals surface area (Å²) in [6, 6.07) is 12.3. The van der Waals surface area contributed by atoms with E-state index in [1.54, 1.807) is 31.4 Å². The highest BCUT2D eigenvalue weighted by Crippen LogP contribution is 2.30. The Morgan fingerprint density at radius 1 is 1.11 bits per heavy atom. The van der Waals surface area contributed by atoms with Gasteiger partial charge in [-0.05, 0) is 47.9 Å². The fourth-order valence-corrected chi connectivity index (χ4v) is 2.93. The highest BCUT2D eigenvalue weighted by molar-refractivity contribution is 6.30. The van der Waals surface area contributed by atoms with Crippen molar-refractivity contribution in [2.75, 3.05) is 13.7 Å². The van der Waals surface area contributed by atoms with E-state index in [9.17, 15) is 9.59 Å². The van der Waals surface area contributed by atoms with E-state index >= 15 is 0 Å². The van der Waals surface area contributed by atoms with Gasteiger partial charge in [-0.15, -0.1) is 0 Å². The molecule has 3 rings (SSSR count). The molecule has 146 valence electrons. The highest BCUT2D eigenvalue weighted by atomic mass is 35.5. The molecule has 0 saturated carbocycles. The minimum absolute atomic E-state index is 0.246. The SMILES string of the molecule is CCCN1C(=O)N/C(=C/c2ccc(OCc3ccc(Cl)cc3)c(OC)c2)C1=O. The van der Waals surface area contributed by atoms with Crippen molar-refractivity contribution in [3.05, 3.63) is 64.3 Å². The molecule has 2 aromatic carbocycles. The van der Waals surface area contributed by atoms with E-state index in [2.05, 4.69) is 5.32 Å². The third-order valence-electron chi connectivity index (χ3n) is 4.22. The average Bonchev–Trinajstić information content (AvgIpc) is 2.96. The van der Waals surface area contributed by atoms with Gasteiger partial charge >= 0.3 is 6.03 Å². The molecule has 2 aromatic rings. The van der Waals surface area contributed by atoms with Gasteiger partial charge in [0.2, 0.25) is 0 Å². The van der Waals surface area contributed by atoms with Crippen molar-refractivity contribution in [2.45, 2.75) is 20.0 Å². The van der Waals surface area contributed by atoms with E-state index in [1.807, 2.05) is 31.2 Å². The minimum Gasteiger partial charge on any atom is -0.493 e. The second kappa shape index (κ2) is 8.80. The Balaban J connectivity index is 1.75. The fourth-order valence-electron chi connectivity index (χ4n) is 2.80. The lowest BCUT2D eigenvalue weighted by atomic mass is 10.1. The number of urea groups is 1. The van der Waals surface area contributed by atoms with Crippen LogP contribution in [0.2, 0.25) is 5.02 Å². The summed E-state index contributed by atoms with van der Waals surface area (Å²) in [5, 5.41) is 3.28. The highest BCUT2D eigenvalue weighted by Gasteiger charge is 2.32. The second-order valence-corrected chi connectivity index (χ2v) is 6.71. The number of hydrogen-bond donors (Lipinski definition) is 1. The molecule has 0 unspecified atom stereocenters. The molecule has 1 aliphatic heterocycles. The number of hydrogen-bond acceptors (Lipinski definition) is 4. The van der Waals surface area contributed by atoms with Crippen LogP contribution in [0.1, 0.15) is 24.5 Å². The van der Waals surface area contributed by atoms with Gasteiger partial charge < -0.3 is 14.8 Å². The zero-order valence-corrected chi connectivity index (χ0v) is 16.5. The summed E-state index contributed by atoms with van der Waals surface area (Å²) in [6.45, 7) is 2.67. The van der Waals surface area contributed by atoms with Gasteiger partial charge in [0.25, 0.3) is 5.91 Å². The molecule has 1 aliphatic rings. The lowest BCUT2D eigenvalue weighted by molar-refractivity contribution is -0.122. The van der Waals surface area contributed by atoms with Crippen LogP contribution in [0.25, 0.3) is 6.08 Å². The van der Waals surface area contributed by atoms with Crippen molar-refractivity contribution < 1.29 is 19.1 Å². The standard InChI is InChI=1S/C21H21ClN2O4/c1-3-10-24-20(25)17(23-21(24)26)11-15-6-9-18(19(12-15)27-2)28-13-14-4-7-16(22)8-5-14/h4-9,11-12H,3,10,13H2,1-2H3,(H,23,26)/b17-11+. The largest absolute Gasteiger partial charge is 0.493 e. The summed E-state index contributed by atoms with van der Waals surface area (Å²) in [5.41, 5.74) is 1.95. The van der Waals surface area contributed by atoms with Crippen molar-refractivity contribution in [2.24, 2.45) is 0 Å². The molecule has 0 atom stereocenters. The number of nitrogens with zero attached hydrogens (tertiary/aromatic N) is 1. The van der Waals surface area contributed by atoms with Crippen LogP contribution in [0.3, 0.4) is 0 Å². The Hall–Kier alpha value is -2.99. The molecule has 28 heavy (non-hydrogen) atoms. The number of carbonyl (C=O) groups is 2. The lowest BCUT2D eigenvalue weighted by Crippen LogP contribution is -2.31. The number of nitrogens with one attached hydrogen (secondary N) is 1. The topological polar surface area (TPSA) is 67.9 Å². The molecule has 1 fully saturated rings. The molecular weight excluding hydrogens is 380 g/mol. The first-order valence-electron chi connectivity index (χ1n) is 8.91. The van der Waals surface area contributed by atoms with Crippen molar-refractivity contribution in [1.82, 2.24) is 10.2 Å². The zero-order valence-electron chi connectivity index (χ0n) is 15.7. The van der Waals surface area contributed by atoms with Crippen molar-refractivity contribution in [1.29, 1.82) is 0 Å². The summed E-state index contributed by atoms with van der Waals surface area (Å²) >= 11 is 5.89. The summed E-state index contributed by atoms with van der Waals surface area (Å²) in [6.07, 6.45) is 2.33. The van der Waals surface area contributed by atoms with Gasteiger partial charge in [-0.3, -0.25) is 9.69 Å². The predicted octanol–water partition coefficient (Wildman–Crippen LogP) is 4.23. The quantitative estimate of drug-likeness (QED) is 0.557. The number of methoxy groups -OCH3 is 1. The van der Waals surface area contributed by atoms with Crippen LogP contribution in [0.4, 0.5) is 4.79 Å². The summed E-state index contributed by atoms with van der Waals surface area (Å²) < 4.78 is 11.2. The van der Waals surface area contributed by atoms with E-state index in [0.29, 0.717) is 36.1 Å². The number of carbonyl (C=O) groups excluding carboxylic acids is 2. The van der Waals surface area contributed by atoms with Gasteiger partial charge in [-0.1, -0.05) is 36.7 Å². The van der Waals surface area contributed by atoms with Gasteiger partial charge in [0.15, 0.2) is 11.5 Å². The van der Waals surface area contributed by atoms with Crippen molar-refractivity contribution in [3.63, 3.8) is 0 Å². The number of amides is 3. The normalized spacial score (nSPS) is 15.1. The molecule has 0 bridgehead atoms. The van der Waals surface area contributed by atoms with Crippen LogP contribution in [-0.4, -0.2) is 30.5 Å². The number of rotatable bonds is 7. The third-order valence-corrected chi connectivity index (χ3v) is 4.47. The van der Waals surface area contributed by atoms with Crippen LogP contribution in [0, 0.1) is 0 Å². The van der Waals surface area contributed by atoms with Crippen molar-refractivity contribution in [3.8, 4) is 11.5 Å². The molecule has 6 nitrogen and oxygen atoms in total. The zero-order chi connectivity index (χ0) is 20.1. The Morgan fingerprint density at radius 2 is 1.86 bits per heavy atom. The predicted molar refractivity (Wildman–Crippen MR) is 107 cm³/mol. The summed E-state index contributed by atoms with van der Waals surface area (Å²) in [4.78, 5) is 25.4. The number of halogens is 1. The molecule has 0 radical (unpaired) electrons. The smallest absolute Gasteiger partial charge is 0.329 e. The maximum Gasteiger partial charge on any atom is 0.329 e. The van der Waals surface area contributed by atoms with E-state index in [-0.39, 0.29) is 11.6 Å². The van der Waals surface area contributed by atoms with Gasteiger partial charge in [-0.25, -0.2) is 4.79 Å². The number of ether oxygens (including phenoxy) is 2. The summed E-state index contributed by atoms with van der Waals surface area (Å²) in [5.74, 6) is 0.786. The van der Waals surface area contributed by atoms with Gasteiger partial charge in [-0.2, -0.15) is 0 Å². The third kappa shape index (κ3) is 4.46. The molecular formula is C21H21ClN2O4. The molecule has 1 heterocycles. The van der Waals surface area contributed by atoms with E-state index < -0.39 is 6.03 Å². The Bertz CT molecular complexity index is 909. The molecule has 1 N–H and O–H groups in total. The first-order valence-corrected chi connectivity index (χ1v) is 9.29. The molecule has 7 heteroatoms. The van der Waals surface area contributed by atoms with Crippen LogP contribution >= 0.6 is 11.6 Å². The van der Waals surface area contributed by atoms with Crippen LogP contribution in [-0.2, 0) is 11.4 Å². The maximum atomic E-state index is 12.3. The summed E-state index contributed by atoms with van der Waals surface area (Å²) in [7, 11) is 1.55. The molecule has 3 amide bonds. The number of imide groups is 1. The van der Waals surface area contributed by atoms with Gasteiger partial charge in [0.1, 0.15) is 12.3 Å². The molecule has 0 spiro atoms. The number of benzene rings is 2. The van der Waals surface area contributed by atoms with Gasteiger partial charge in [0, 0.05) is 11.6 Å². The first kappa shape index (κ1) is 19.8. The Kier molecular flexibility index (Phi) is 6.21. The second-order valence-electron chi connectivity index (χ2n) is 6.27. The fraction of sp³-hybridized carbons (Fsp3) is 0.238. The van der Waals surface area contributed by atoms with E-state index in [4.69, 9.17) is 21.1 Å². The monoisotopic (exact) mass is 400 g/mol. The average molecular weight is 401 g/mol. The Labute approximate surface area is 168 Å². The van der Waals surface area contributed by atoms with Gasteiger partial charge in [0.05, 0.1) is 7.11 Å². The molecule has 1 saturated heterocycles. The maximum absolute atomic E-state index is 12.3. The van der Waals surface area contributed by atoms with E-state index in [0.717, 1.165) is 11.1 Å². The molecule has 0 aromatic heterocycles. The van der Waals surface area contributed by atoms with E-state index in [1.165, 1.54) is 4.90 Å². The van der Waals surface area contributed by atoms with Crippen LogP contribution in [0.15, 0.2) is 48.2 Å². The lowest BCUT2D eigenvalue weighted by Gasteiger charge is -2.12. The van der Waals surface area contributed by atoms with Crippen LogP contribution in [0.5, 0.6) is 11.5 Å². The minimum atomic E-state index is -0.395. The Morgan fingerprint density at radius 3 is 2.54 bits per heavy atom. The van der Waals surface area contributed by atoms with Crippen molar-refractivity contribution >= 4 is 29.6 Å². The molecule has 0 aliphatic carbocycles. The first-order chi connectivity index (χ1) is 13.5.